The Kier molecular flexibility index (Phi) is 5.32. The number of anilines is 1. The first-order valence-corrected chi connectivity index (χ1v) is 7.98. The van der Waals surface area contributed by atoms with Gasteiger partial charge >= 0.3 is 5.97 Å². The van der Waals surface area contributed by atoms with Crippen LogP contribution in [0.5, 0.6) is 5.75 Å². The molecule has 3 rings (SSSR count). The Morgan fingerprint density at radius 2 is 1.56 bits per heavy atom. The summed E-state index contributed by atoms with van der Waals surface area (Å²) < 4.78 is 10.6. The summed E-state index contributed by atoms with van der Waals surface area (Å²) in [6.45, 7) is 0.0579. The Morgan fingerprint density at radius 1 is 0.880 bits per heavy atom. The van der Waals surface area contributed by atoms with E-state index in [9.17, 15) is 4.79 Å². The molecule has 0 aliphatic carbocycles. The van der Waals surface area contributed by atoms with E-state index in [1.807, 2.05) is 72.8 Å². The minimum absolute atomic E-state index is 0.0579. The Morgan fingerprint density at radius 3 is 2.36 bits per heavy atom. The average Bonchev–Trinajstić information content (AvgIpc) is 2.69. The van der Waals surface area contributed by atoms with Gasteiger partial charge in [0.25, 0.3) is 0 Å². The van der Waals surface area contributed by atoms with E-state index < -0.39 is 0 Å². The van der Waals surface area contributed by atoms with Crippen LogP contribution in [0.25, 0.3) is 11.1 Å². The van der Waals surface area contributed by atoms with Gasteiger partial charge in [-0.25, -0.2) is 4.79 Å². The lowest BCUT2D eigenvalue weighted by Crippen LogP contribution is -2.13. The molecule has 4 heteroatoms. The summed E-state index contributed by atoms with van der Waals surface area (Å²) in [6, 6.07) is 24.7. The van der Waals surface area contributed by atoms with Crippen LogP contribution in [0, 0.1) is 0 Å². The molecule has 0 unspecified atom stereocenters. The van der Waals surface area contributed by atoms with Gasteiger partial charge in [0.2, 0.25) is 0 Å². The first kappa shape index (κ1) is 16.6. The number of ether oxygens (including phenoxy) is 2. The van der Waals surface area contributed by atoms with E-state index in [0.717, 1.165) is 16.8 Å². The van der Waals surface area contributed by atoms with Crippen molar-refractivity contribution in [2.75, 3.05) is 19.2 Å². The van der Waals surface area contributed by atoms with Gasteiger partial charge in [-0.1, -0.05) is 60.7 Å². The molecule has 0 fully saturated rings. The molecule has 3 aromatic rings. The normalized spacial score (nSPS) is 10.1. The lowest BCUT2D eigenvalue weighted by atomic mass is 10.00. The molecular formula is C21H19NO3. The first-order chi connectivity index (χ1) is 12.3. The highest BCUT2D eigenvalue weighted by Crippen LogP contribution is 2.25. The van der Waals surface area contributed by atoms with E-state index in [1.54, 1.807) is 13.2 Å². The first-order valence-electron chi connectivity index (χ1n) is 7.98. The van der Waals surface area contributed by atoms with Crippen molar-refractivity contribution in [1.29, 1.82) is 0 Å². The summed E-state index contributed by atoms with van der Waals surface area (Å²) >= 11 is 0. The van der Waals surface area contributed by atoms with Crippen molar-refractivity contribution in [1.82, 2.24) is 0 Å². The molecule has 4 nitrogen and oxygen atoms in total. The number of esters is 1. The molecule has 0 saturated heterocycles. The minimum Gasteiger partial charge on any atom is -0.495 e. The van der Waals surface area contributed by atoms with Gasteiger partial charge in [-0.05, 0) is 29.3 Å². The molecule has 0 aromatic heterocycles. The maximum atomic E-state index is 12.5. The number of methoxy groups -OCH3 is 1. The number of nitrogens with one attached hydrogen (secondary N) is 1. The minimum atomic E-state index is -0.373. The Bertz CT molecular complexity index is 847. The van der Waals surface area contributed by atoms with Gasteiger partial charge in [0, 0.05) is 0 Å². The van der Waals surface area contributed by atoms with Crippen molar-refractivity contribution in [3.63, 3.8) is 0 Å². The van der Waals surface area contributed by atoms with Crippen LogP contribution in [0.15, 0.2) is 78.9 Å². The standard InChI is InChI=1S/C21H19NO3/c1-24-20-14-8-7-13-19(20)22-15-25-21(23)18-12-6-5-11-17(18)16-9-3-2-4-10-16/h2-14,22H,15H2,1H3. The monoisotopic (exact) mass is 333 g/mol. The fourth-order valence-electron chi connectivity index (χ4n) is 2.58. The van der Waals surface area contributed by atoms with Crippen molar-refractivity contribution in [2.24, 2.45) is 0 Å². The maximum Gasteiger partial charge on any atom is 0.340 e. The molecule has 0 spiro atoms. The van der Waals surface area contributed by atoms with Crippen LogP contribution >= 0.6 is 0 Å². The molecule has 0 aliphatic heterocycles. The Hall–Kier alpha value is -3.27. The van der Waals surface area contributed by atoms with Gasteiger partial charge in [-0.2, -0.15) is 0 Å². The molecule has 126 valence electrons. The predicted octanol–water partition coefficient (Wildman–Crippen LogP) is 4.59. The van der Waals surface area contributed by atoms with Crippen molar-refractivity contribution in [2.45, 2.75) is 0 Å². The van der Waals surface area contributed by atoms with Gasteiger partial charge in [0.05, 0.1) is 18.4 Å². The lowest BCUT2D eigenvalue weighted by Gasteiger charge is -2.13. The number of hydrogen-bond donors (Lipinski definition) is 1. The summed E-state index contributed by atoms with van der Waals surface area (Å²) in [7, 11) is 1.60. The fraction of sp³-hybridized carbons (Fsp3) is 0.0952. The quantitative estimate of drug-likeness (QED) is 0.529. The third-order valence-electron chi connectivity index (χ3n) is 3.80. The second-order valence-electron chi connectivity index (χ2n) is 5.36. The highest BCUT2D eigenvalue weighted by molar-refractivity contribution is 5.97. The van der Waals surface area contributed by atoms with E-state index in [1.165, 1.54) is 0 Å². The second-order valence-corrected chi connectivity index (χ2v) is 5.36. The lowest BCUT2D eigenvalue weighted by molar-refractivity contribution is 0.0534. The van der Waals surface area contributed by atoms with Crippen LogP contribution in [0.2, 0.25) is 0 Å². The maximum absolute atomic E-state index is 12.5. The highest BCUT2D eigenvalue weighted by Gasteiger charge is 2.13. The number of carbonyl (C=O) groups is 1. The van der Waals surface area contributed by atoms with Gasteiger partial charge in [0.15, 0.2) is 6.73 Å². The molecule has 3 aromatic carbocycles. The van der Waals surface area contributed by atoms with E-state index in [2.05, 4.69) is 5.32 Å². The van der Waals surface area contributed by atoms with E-state index in [0.29, 0.717) is 11.3 Å². The molecule has 0 saturated carbocycles. The van der Waals surface area contributed by atoms with Crippen molar-refractivity contribution in [3.8, 4) is 16.9 Å². The van der Waals surface area contributed by atoms with Crippen LogP contribution in [-0.4, -0.2) is 19.8 Å². The van der Waals surface area contributed by atoms with Gasteiger partial charge in [-0.15, -0.1) is 0 Å². The summed E-state index contributed by atoms with van der Waals surface area (Å²) in [5, 5.41) is 3.06. The molecule has 0 aliphatic rings. The largest absolute Gasteiger partial charge is 0.495 e. The van der Waals surface area contributed by atoms with Crippen molar-refractivity contribution < 1.29 is 14.3 Å². The summed E-state index contributed by atoms with van der Waals surface area (Å²) in [4.78, 5) is 12.5. The van der Waals surface area contributed by atoms with Gasteiger partial charge in [0.1, 0.15) is 5.75 Å². The molecule has 1 N–H and O–H groups in total. The summed E-state index contributed by atoms with van der Waals surface area (Å²) in [5.41, 5.74) is 3.14. The van der Waals surface area contributed by atoms with E-state index in [-0.39, 0.29) is 12.7 Å². The predicted molar refractivity (Wildman–Crippen MR) is 98.8 cm³/mol. The molecule has 25 heavy (non-hydrogen) atoms. The zero-order valence-corrected chi connectivity index (χ0v) is 13.9. The number of benzene rings is 3. The van der Waals surface area contributed by atoms with Crippen LogP contribution in [-0.2, 0) is 4.74 Å². The van der Waals surface area contributed by atoms with Crippen LogP contribution in [0.1, 0.15) is 10.4 Å². The van der Waals surface area contributed by atoms with Crippen molar-refractivity contribution in [3.05, 3.63) is 84.4 Å². The molecule has 0 radical (unpaired) electrons. The number of para-hydroxylation sites is 2. The zero-order chi connectivity index (χ0) is 17.5. The third kappa shape index (κ3) is 3.98. The SMILES string of the molecule is COc1ccccc1NCOC(=O)c1ccccc1-c1ccccc1. The van der Waals surface area contributed by atoms with Crippen LogP contribution in [0.4, 0.5) is 5.69 Å². The van der Waals surface area contributed by atoms with Gasteiger partial charge in [-0.3, -0.25) is 0 Å². The molecule has 0 amide bonds. The highest BCUT2D eigenvalue weighted by atomic mass is 16.5. The van der Waals surface area contributed by atoms with Crippen LogP contribution in [0.3, 0.4) is 0 Å². The third-order valence-corrected chi connectivity index (χ3v) is 3.80. The van der Waals surface area contributed by atoms with Crippen molar-refractivity contribution >= 4 is 11.7 Å². The van der Waals surface area contributed by atoms with E-state index in [4.69, 9.17) is 9.47 Å². The number of carbonyl (C=O) groups excluding carboxylic acids is 1. The molecule has 0 bridgehead atoms. The summed E-state index contributed by atoms with van der Waals surface area (Å²) in [6.07, 6.45) is 0. The van der Waals surface area contributed by atoms with Gasteiger partial charge < -0.3 is 14.8 Å². The Labute approximate surface area is 147 Å². The number of hydrogen-bond acceptors (Lipinski definition) is 4. The Balaban J connectivity index is 1.70. The fourth-order valence-corrected chi connectivity index (χ4v) is 2.58. The van der Waals surface area contributed by atoms with Crippen LogP contribution < -0.4 is 10.1 Å². The zero-order valence-electron chi connectivity index (χ0n) is 13.9. The topological polar surface area (TPSA) is 47.6 Å². The molecular weight excluding hydrogens is 314 g/mol. The van der Waals surface area contributed by atoms with E-state index >= 15 is 0 Å². The second kappa shape index (κ2) is 8.02. The number of rotatable bonds is 6. The summed E-state index contributed by atoms with van der Waals surface area (Å²) in [5.74, 6) is 0.324. The smallest absolute Gasteiger partial charge is 0.340 e. The average molecular weight is 333 g/mol. The molecule has 0 heterocycles. The molecule has 0 atom stereocenters.